The molecule has 3 aromatic rings. The van der Waals surface area contributed by atoms with E-state index in [0.29, 0.717) is 22.8 Å². The Morgan fingerprint density at radius 2 is 1.93 bits per heavy atom. The highest BCUT2D eigenvalue weighted by Gasteiger charge is 2.16. The van der Waals surface area contributed by atoms with E-state index in [0.717, 1.165) is 29.0 Å². The van der Waals surface area contributed by atoms with Crippen LogP contribution in [0.25, 0.3) is 0 Å². The molecule has 1 aromatic heterocycles. The summed E-state index contributed by atoms with van der Waals surface area (Å²) in [4.78, 5) is 16.3. The van der Waals surface area contributed by atoms with Gasteiger partial charge in [0, 0.05) is 22.5 Å². The minimum atomic E-state index is -3.86. The lowest BCUT2D eigenvalue weighted by molar-refractivity contribution is -0.116. The van der Waals surface area contributed by atoms with E-state index in [9.17, 15) is 17.6 Å². The summed E-state index contributed by atoms with van der Waals surface area (Å²) in [5.74, 6) is -0.719. The first kappa shape index (κ1) is 21.2. The molecule has 0 saturated heterocycles. The van der Waals surface area contributed by atoms with Crippen molar-refractivity contribution in [3.63, 3.8) is 0 Å². The van der Waals surface area contributed by atoms with Crippen LogP contribution in [0.4, 0.5) is 15.2 Å². The van der Waals surface area contributed by atoms with Gasteiger partial charge in [0.1, 0.15) is 5.82 Å². The largest absolute Gasteiger partial charge is 0.326 e. The SMILES string of the molecule is Cc1c(Cl)cccc1NC(=O)CCc1csc(NS(=O)(=O)c2ccc(F)cc2)n1. The van der Waals surface area contributed by atoms with Crippen molar-refractivity contribution in [2.45, 2.75) is 24.7 Å². The molecule has 29 heavy (non-hydrogen) atoms. The second-order valence-electron chi connectivity index (χ2n) is 6.16. The summed E-state index contributed by atoms with van der Waals surface area (Å²) < 4.78 is 39.9. The van der Waals surface area contributed by atoms with E-state index in [4.69, 9.17) is 11.6 Å². The maximum absolute atomic E-state index is 13.0. The van der Waals surface area contributed by atoms with Crippen LogP contribution in [0.5, 0.6) is 0 Å². The lowest BCUT2D eigenvalue weighted by Crippen LogP contribution is -2.14. The van der Waals surface area contributed by atoms with Gasteiger partial charge in [0.05, 0.1) is 10.6 Å². The van der Waals surface area contributed by atoms with E-state index in [1.165, 1.54) is 12.1 Å². The molecule has 0 bridgehead atoms. The molecule has 0 saturated carbocycles. The van der Waals surface area contributed by atoms with Crippen LogP contribution in [-0.2, 0) is 21.2 Å². The van der Waals surface area contributed by atoms with E-state index in [1.807, 2.05) is 6.92 Å². The van der Waals surface area contributed by atoms with Crippen molar-refractivity contribution in [3.8, 4) is 0 Å². The first-order valence-corrected chi connectivity index (χ1v) is 11.3. The minimum absolute atomic E-state index is 0.0630. The Labute approximate surface area is 176 Å². The highest BCUT2D eigenvalue weighted by Crippen LogP contribution is 2.24. The van der Waals surface area contributed by atoms with E-state index in [1.54, 1.807) is 23.6 Å². The zero-order valence-corrected chi connectivity index (χ0v) is 17.7. The van der Waals surface area contributed by atoms with Gasteiger partial charge in [-0.2, -0.15) is 0 Å². The number of amides is 1. The number of anilines is 2. The van der Waals surface area contributed by atoms with Crippen molar-refractivity contribution in [1.82, 2.24) is 4.98 Å². The first-order valence-electron chi connectivity index (χ1n) is 8.52. The van der Waals surface area contributed by atoms with Gasteiger partial charge in [-0.05, 0) is 55.3 Å². The quantitative estimate of drug-likeness (QED) is 0.546. The lowest BCUT2D eigenvalue weighted by atomic mass is 10.2. The van der Waals surface area contributed by atoms with Gasteiger partial charge in [0.2, 0.25) is 5.91 Å². The molecule has 0 aliphatic heterocycles. The third kappa shape index (κ3) is 5.53. The van der Waals surface area contributed by atoms with Crippen molar-refractivity contribution < 1.29 is 17.6 Å². The molecule has 0 atom stereocenters. The predicted octanol–water partition coefficient (Wildman–Crippen LogP) is 4.62. The summed E-state index contributed by atoms with van der Waals surface area (Å²) in [5, 5.41) is 5.23. The lowest BCUT2D eigenvalue weighted by Gasteiger charge is -2.09. The number of carbonyl (C=O) groups excluding carboxylic acids is 1. The Morgan fingerprint density at radius 3 is 2.66 bits per heavy atom. The Kier molecular flexibility index (Phi) is 6.51. The summed E-state index contributed by atoms with van der Waals surface area (Å²) in [7, 11) is -3.86. The van der Waals surface area contributed by atoms with Gasteiger partial charge in [-0.15, -0.1) is 11.3 Å². The standard InChI is InChI=1S/C19H17ClFN3O3S2/c1-12-16(20)3-2-4-17(12)23-18(25)10-7-14-11-28-19(22-14)24-29(26,27)15-8-5-13(21)6-9-15/h2-6,8-9,11H,7,10H2,1H3,(H,22,24)(H,23,25). The van der Waals surface area contributed by atoms with Gasteiger partial charge >= 0.3 is 0 Å². The third-order valence-corrected chi connectivity index (χ3v) is 6.75. The normalized spacial score (nSPS) is 11.3. The van der Waals surface area contributed by atoms with E-state index in [2.05, 4.69) is 15.0 Å². The number of nitrogens with zero attached hydrogens (tertiary/aromatic N) is 1. The number of hydrogen-bond acceptors (Lipinski definition) is 5. The van der Waals surface area contributed by atoms with Crippen LogP contribution in [0.15, 0.2) is 52.7 Å². The Hall–Kier alpha value is -2.49. The fraction of sp³-hybridized carbons (Fsp3) is 0.158. The molecule has 0 unspecified atom stereocenters. The van der Waals surface area contributed by atoms with Crippen molar-refractivity contribution in [2.24, 2.45) is 0 Å². The van der Waals surface area contributed by atoms with Crippen molar-refractivity contribution in [1.29, 1.82) is 0 Å². The number of thiazole rings is 1. The number of hydrogen-bond donors (Lipinski definition) is 2. The Bertz CT molecular complexity index is 1130. The highest BCUT2D eigenvalue weighted by molar-refractivity contribution is 7.93. The predicted molar refractivity (Wildman–Crippen MR) is 112 cm³/mol. The summed E-state index contributed by atoms with van der Waals surface area (Å²) >= 11 is 7.15. The minimum Gasteiger partial charge on any atom is -0.326 e. The van der Waals surface area contributed by atoms with Crippen LogP contribution in [0.2, 0.25) is 5.02 Å². The zero-order chi connectivity index (χ0) is 21.0. The fourth-order valence-corrected chi connectivity index (χ4v) is 4.63. The molecule has 0 spiro atoms. The van der Waals surface area contributed by atoms with Crippen LogP contribution in [-0.4, -0.2) is 19.3 Å². The second kappa shape index (κ2) is 8.89. The molecular formula is C19H17ClFN3O3S2. The number of rotatable bonds is 7. The molecule has 2 N–H and O–H groups in total. The molecule has 0 aliphatic rings. The van der Waals surface area contributed by atoms with Crippen LogP contribution >= 0.6 is 22.9 Å². The summed E-state index contributed by atoms with van der Waals surface area (Å²) in [6, 6.07) is 9.76. The maximum atomic E-state index is 13.0. The van der Waals surface area contributed by atoms with Gasteiger partial charge in [0.25, 0.3) is 10.0 Å². The molecule has 152 valence electrons. The number of sulfonamides is 1. The number of carbonyl (C=O) groups is 1. The Balaban J connectivity index is 1.58. The summed E-state index contributed by atoms with van der Waals surface area (Å²) in [6.07, 6.45) is 0.528. The number of nitrogens with one attached hydrogen (secondary N) is 2. The number of halogens is 2. The van der Waals surface area contributed by atoms with Gasteiger partial charge in [0.15, 0.2) is 5.13 Å². The zero-order valence-electron chi connectivity index (χ0n) is 15.3. The molecule has 6 nitrogen and oxygen atoms in total. The average Bonchev–Trinajstić information content (AvgIpc) is 3.11. The molecule has 1 heterocycles. The Morgan fingerprint density at radius 1 is 1.21 bits per heavy atom. The molecule has 0 fully saturated rings. The van der Waals surface area contributed by atoms with Crippen LogP contribution < -0.4 is 10.0 Å². The van der Waals surface area contributed by atoms with Crippen molar-refractivity contribution in [2.75, 3.05) is 10.0 Å². The number of benzene rings is 2. The van der Waals surface area contributed by atoms with E-state index >= 15 is 0 Å². The summed E-state index contributed by atoms with van der Waals surface area (Å²) in [5.41, 5.74) is 2.02. The summed E-state index contributed by atoms with van der Waals surface area (Å²) in [6.45, 7) is 1.82. The molecule has 1 amide bonds. The first-order chi connectivity index (χ1) is 13.7. The number of aryl methyl sites for hydroxylation is 1. The van der Waals surface area contributed by atoms with E-state index in [-0.39, 0.29) is 22.4 Å². The van der Waals surface area contributed by atoms with Crippen molar-refractivity contribution >= 4 is 49.7 Å². The smallest absolute Gasteiger partial charge is 0.263 e. The molecule has 0 aliphatic carbocycles. The monoisotopic (exact) mass is 453 g/mol. The van der Waals surface area contributed by atoms with E-state index < -0.39 is 15.8 Å². The van der Waals surface area contributed by atoms with Crippen LogP contribution in [0.1, 0.15) is 17.7 Å². The number of aromatic nitrogens is 1. The maximum Gasteiger partial charge on any atom is 0.263 e. The van der Waals surface area contributed by atoms with Crippen LogP contribution in [0.3, 0.4) is 0 Å². The van der Waals surface area contributed by atoms with Gasteiger partial charge in [-0.1, -0.05) is 17.7 Å². The second-order valence-corrected chi connectivity index (χ2v) is 9.11. The topological polar surface area (TPSA) is 88.2 Å². The van der Waals surface area contributed by atoms with Gasteiger partial charge in [-0.3, -0.25) is 9.52 Å². The highest BCUT2D eigenvalue weighted by atomic mass is 35.5. The average molecular weight is 454 g/mol. The molecule has 0 radical (unpaired) electrons. The molecule has 2 aromatic carbocycles. The van der Waals surface area contributed by atoms with Gasteiger partial charge < -0.3 is 5.32 Å². The molecule has 3 rings (SSSR count). The fourth-order valence-electron chi connectivity index (χ4n) is 2.45. The third-order valence-electron chi connectivity index (χ3n) is 4.05. The van der Waals surface area contributed by atoms with Gasteiger partial charge in [-0.25, -0.2) is 17.8 Å². The van der Waals surface area contributed by atoms with Crippen molar-refractivity contribution in [3.05, 3.63) is 69.9 Å². The molecular weight excluding hydrogens is 437 g/mol. The van der Waals surface area contributed by atoms with Crippen LogP contribution in [0, 0.1) is 12.7 Å². The molecule has 10 heteroatoms.